The average Bonchev–Trinajstić information content (AvgIpc) is 2.41. The van der Waals surface area contributed by atoms with E-state index >= 15 is 0 Å². The summed E-state index contributed by atoms with van der Waals surface area (Å²) >= 11 is 12.2. The maximum Gasteiger partial charge on any atom is 0.153 e. The number of hydrogen-bond donors (Lipinski definition) is 0. The number of carbonyl (C=O) groups is 1. The fourth-order valence-electron chi connectivity index (χ4n) is 1.71. The van der Waals surface area contributed by atoms with E-state index < -0.39 is 5.82 Å². The normalized spacial score (nSPS) is 10.3. The van der Waals surface area contributed by atoms with Crippen LogP contribution in [0.4, 0.5) is 4.39 Å². The van der Waals surface area contributed by atoms with Crippen LogP contribution in [0, 0.1) is 5.82 Å². The van der Waals surface area contributed by atoms with Gasteiger partial charge in [0.25, 0.3) is 0 Å². The van der Waals surface area contributed by atoms with Gasteiger partial charge in [0.2, 0.25) is 0 Å². The summed E-state index contributed by atoms with van der Waals surface area (Å²) in [5.74, 6) is -0.123. The molecule has 2 nitrogen and oxygen atoms in total. The maximum absolute atomic E-state index is 13.3. The van der Waals surface area contributed by atoms with Crippen LogP contribution in [0.5, 0.6) is 5.75 Å². The highest BCUT2D eigenvalue weighted by Gasteiger charge is 2.11. The van der Waals surface area contributed by atoms with Crippen LogP contribution in [0.25, 0.3) is 11.1 Å². The molecule has 0 unspecified atom stereocenters. The van der Waals surface area contributed by atoms with Gasteiger partial charge in [-0.05, 0) is 23.8 Å². The molecule has 0 spiro atoms. The standard InChI is InChI=1S/C14H9Cl2FO2/c1-19-14-6-11(15)10(5-12(14)16)8-2-3-13(17)9(4-8)7-18/h2-7H,1H3. The molecule has 98 valence electrons. The second-order valence-electron chi connectivity index (χ2n) is 3.82. The first-order chi connectivity index (χ1) is 9.06. The Morgan fingerprint density at radius 1 is 1.16 bits per heavy atom. The Hall–Kier alpha value is -1.58. The van der Waals surface area contributed by atoms with E-state index in [9.17, 15) is 9.18 Å². The number of aldehydes is 1. The van der Waals surface area contributed by atoms with Crippen molar-refractivity contribution >= 4 is 29.5 Å². The highest BCUT2D eigenvalue weighted by molar-refractivity contribution is 6.36. The van der Waals surface area contributed by atoms with Gasteiger partial charge in [-0.1, -0.05) is 29.3 Å². The summed E-state index contributed by atoms with van der Waals surface area (Å²) in [7, 11) is 1.49. The Morgan fingerprint density at radius 3 is 2.53 bits per heavy atom. The van der Waals surface area contributed by atoms with E-state index in [0.717, 1.165) is 0 Å². The quantitative estimate of drug-likeness (QED) is 0.773. The van der Waals surface area contributed by atoms with E-state index in [1.54, 1.807) is 12.1 Å². The lowest BCUT2D eigenvalue weighted by Crippen LogP contribution is -1.91. The van der Waals surface area contributed by atoms with Crippen LogP contribution in [0.2, 0.25) is 10.0 Å². The summed E-state index contributed by atoms with van der Waals surface area (Å²) < 4.78 is 18.3. The Kier molecular flexibility index (Phi) is 4.08. The molecule has 0 atom stereocenters. The molecule has 0 aromatic heterocycles. The van der Waals surface area contributed by atoms with Crippen molar-refractivity contribution in [2.24, 2.45) is 0 Å². The minimum atomic E-state index is -0.575. The summed E-state index contributed by atoms with van der Waals surface area (Å²) in [4.78, 5) is 10.7. The molecule has 0 aliphatic heterocycles. The summed E-state index contributed by atoms with van der Waals surface area (Å²) in [6.45, 7) is 0. The molecule has 5 heteroatoms. The predicted octanol–water partition coefficient (Wildman–Crippen LogP) is 4.62. The molecule has 0 bridgehead atoms. The Labute approximate surface area is 119 Å². The van der Waals surface area contributed by atoms with Gasteiger partial charge in [-0.2, -0.15) is 0 Å². The highest BCUT2D eigenvalue weighted by Crippen LogP contribution is 2.36. The fourth-order valence-corrected chi connectivity index (χ4v) is 2.21. The van der Waals surface area contributed by atoms with E-state index in [0.29, 0.717) is 33.2 Å². The third-order valence-corrected chi connectivity index (χ3v) is 3.28. The van der Waals surface area contributed by atoms with Gasteiger partial charge < -0.3 is 4.74 Å². The van der Waals surface area contributed by atoms with Gasteiger partial charge in [0.1, 0.15) is 11.6 Å². The lowest BCUT2D eigenvalue weighted by molar-refractivity contribution is 0.112. The number of hydrogen-bond acceptors (Lipinski definition) is 2. The molecule has 2 aromatic rings. The van der Waals surface area contributed by atoms with Crippen LogP contribution in [-0.2, 0) is 0 Å². The van der Waals surface area contributed by atoms with Gasteiger partial charge in [0, 0.05) is 11.6 Å². The zero-order chi connectivity index (χ0) is 14.0. The number of rotatable bonds is 3. The zero-order valence-electron chi connectivity index (χ0n) is 9.91. The number of benzene rings is 2. The van der Waals surface area contributed by atoms with E-state index in [2.05, 4.69) is 0 Å². The Balaban J connectivity index is 2.59. The van der Waals surface area contributed by atoms with Gasteiger partial charge in [-0.15, -0.1) is 0 Å². The first-order valence-electron chi connectivity index (χ1n) is 5.35. The van der Waals surface area contributed by atoms with E-state index in [1.807, 2.05) is 0 Å². The van der Waals surface area contributed by atoms with Gasteiger partial charge in [0.15, 0.2) is 6.29 Å². The molecule has 0 saturated carbocycles. The largest absolute Gasteiger partial charge is 0.495 e. The lowest BCUT2D eigenvalue weighted by Gasteiger charge is -2.09. The molecule has 0 aliphatic carbocycles. The molecule has 19 heavy (non-hydrogen) atoms. The SMILES string of the molecule is COc1cc(Cl)c(-c2ccc(F)c(C=O)c2)cc1Cl. The monoisotopic (exact) mass is 298 g/mol. The summed E-state index contributed by atoms with van der Waals surface area (Å²) in [6, 6.07) is 7.36. The van der Waals surface area contributed by atoms with Crippen LogP contribution in [-0.4, -0.2) is 13.4 Å². The van der Waals surface area contributed by atoms with Crippen LogP contribution >= 0.6 is 23.2 Å². The van der Waals surface area contributed by atoms with Crippen molar-refractivity contribution in [3.05, 3.63) is 51.8 Å². The lowest BCUT2D eigenvalue weighted by atomic mass is 10.0. The van der Waals surface area contributed by atoms with Gasteiger partial charge >= 0.3 is 0 Å². The van der Waals surface area contributed by atoms with Crippen molar-refractivity contribution in [1.82, 2.24) is 0 Å². The molecule has 0 aliphatic rings. The molecular weight excluding hydrogens is 290 g/mol. The van der Waals surface area contributed by atoms with Crippen LogP contribution in [0.3, 0.4) is 0 Å². The van der Waals surface area contributed by atoms with Crippen molar-refractivity contribution in [2.75, 3.05) is 7.11 Å². The number of halogens is 3. The van der Waals surface area contributed by atoms with E-state index in [-0.39, 0.29) is 5.56 Å². The van der Waals surface area contributed by atoms with E-state index in [1.165, 1.54) is 25.3 Å². The molecule has 0 amide bonds. The van der Waals surface area contributed by atoms with Crippen molar-refractivity contribution in [2.45, 2.75) is 0 Å². The highest BCUT2D eigenvalue weighted by atomic mass is 35.5. The van der Waals surface area contributed by atoms with Crippen molar-refractivity contribution in [3.8, 4) is 16.9 Å². The van der Waals surface area contributed by atoms with Gasteiger partial charge in [-0.3, -0.25) is 4.79 Å². The van der Waals surface area contributed by atoms with Crippen molar-refractivity contribution < 1.29 is 13.9 Å². The molecule has 2 aromatic carbocycles. The Bertz CT molecular complexity index is 642. The number of carbonyl (C=O) groups excluding carboxylic acids is 1. The maximum atomic E-state index is 13.3. The number of methoxy groups -OCH3 is 1. The van der Waals surface area contributed by atoms with Gasteiger partial charge in [-0.25, -0.2) is 4.39 Å². The number of ether oxygens (including phenoxy) is 1. The summed E-state index contributed by atoms with van der Waals surface area (Å²) in [5.41, 5.74) is 1.19. The zero-order valence-corrected chi connectivity index (χ0v) is 11.4. The first-order valence-corrected chi connectivity index (χ1v) is 6.10. The van der Waals surface area contributed by atoms with Crippen LogP contribution < -0.4 is 4.74 Å². The molecule has 0 saturated heterocycles. The summed E-state index contributed by atoms with van der Waals surface area (Å²) in [6.07, 6.45) is 0.456. The van der Waals surface area contributed by atoms with Crippen LogP contribution in [0.15, 0.2) is 30.3 Å². The van der Waals surface area contributed by atoms with Gasteiger partial charge in [0.05, 0.1) is 22.7 Å². The molecule has 0 N–H and O–H groups in total. The first kappa shape index (κ1) is 13.8. The van der Waals surface area contributed by atoms with Crippen molar-refractivity contribution in [3.63, 3.8) is 0 Å². The smallest absolute Gasteiger partial charge is 0.153 e. The second kappa shape index (κ2) is 5.59. The molecule has 0 fully saturated rings. The fraction of sp³-hybridized carbons (Fsp3) is 0.0714. The molecule has 0 heterocycles. The van der Waals surface area contributed by atoms with E-state index in [4.69, 9.17) is 27.9 Å². The topological polar surface area (TPSA) is 26.3 Å². The Morgan fingerprint density at radius 2 is 1.89 bits per heavy atom. The molecular formula is C14H9Cl2FO2. The predicted molar refractivity (Wildman–Crippen MR) is 73.8 cm³/mol. The van der Waals surface area contributed by atoms with Crippen molar-refractivity contribution in [1.29, 1.82) is 0 Å². The summed E-state index contributed by atoms with van der Waals surface area (Å²) in [5, 5.41) is 0.795. The second-order valence-corrected chi connectivity index (χ2v) is 4.64. The van der Waals surface area contributed by atoms with Crippen LogP contribution in [0.1, 0.15) is 10.4 Å². The third-order valence-electron chi connectivity index (χ3n) is 2.68. The minimum absolute atomic E-state index is 0.0273. The average molecular weight is 299 g/mol. The third kappa shape index (κ3) is 2.72. The molecule has 0 radical (unpaired) electrons. The minimum Gasteiger partial charge on any atom is -0.495 e. The molecule has 2 rings (SSSR count).